The van der Waals surface area contributed by atoms with E-state index in [1.807, 2.05) is 0 Å². The van der Waals surface area contributed by atoms with E-state index in [4.69, 9.17) is 9.47 Å². The van der Waals surface area contributed by atoms with Gasteiger partial charge in [-0.3, -0.25) is 19.9 Å². The van der Waals surface area contributed by atoms with Crippen LogP contribution in [-0.4, -0.2) is 40.7 Å². The highest BCUT2D eigenvalue weighted by Crippen LogP contribution is 2.33. The minimum absolute atomic E-state index is 0.0577. The lowest BCUT2D eigenvalue weighted by Gasteiger charge is -2.25. The SMILES string of the molecule is CC(C)(C)OC(=O)/N=C/C1CCC(C(=O)Nc2cnccc2Oc2ccc(NC(=O)NC(=O)Cc3ccc(F)cc3)cc2F)CC1. The maximum atomic E-state index is 14.9. The van der Waals surface area contributed by atoms with E-state index in [2.05, 4.69) is 25.9 Å². The fraction of sp³-hybridized carbons (Fsp3) is 0.333. The van der Waals surface area contributed by atoms with Crippen molar-refractivity contribution in [3.05, 3.63) is 78.1 Å². The van der Waals surface area contributed by atoms with Crippen molar-refractivity contribution in [1.29, 1.82) is 0 Å². The van der Waals surface area contributed by atoms with E-state index >= 15 is 0 Å². The number of rotatable bonds is 8. The number of pyridine rings is 1. The Bertz CT molecular complexity index is 1600. The first-order valence-corrected chi connectivity index (χ1v) is 14.7. The van der Waals surface area contributed by atoms with Crippen LogP contribution in [0, 0.1) is 23.5 Å². The molecule has 11 nitrogen and oxygen atoms in total. The summed E-state index contributed by atoms with van der Waals surface area (Å²) in [6.45, 7) is 5.30. The predicted octanol–water partition coefficient (Wildman–Crippen LogP) is 6.79. The summed E-state index contributed by atoms with van der Waals surface area (Å²) in [7, 11) is 0. The second-order valence-electron chi connectivity index (χ2n) is 11.8. The molecule has 1 aromatic heterocycles. The van der Waals surface area contributed by atoms with Gasteiger partial charge in [0.1, 0.15) is 17.1 Å². The van der Waals surface area contributed by atoms with Gasteiger partial charge in [0, 0.05) is 36.1 Å². The second kappa shape index (κ2) is 15.2. The van der Waals surface area contributed by atoms with Crippen molar-refractivity contribution in [3.8, 4) is 11.5 Å². The fourth-order valence-corrected chi connectivity index (χ4v) is 4.69. The number of hydrogen-bond donors (Lipinski definition) is 3. The van der Waals surface area contributed by atoms with Gasteiger partial charge in [-0.15, -0.1) is 0 Å². The van der Waals surface area contributed by atoms with E-state index in [0.29, 0.717) is 31.2 Å². The number of urea groups is 1. The van der Waals surface area contributed by atoms with Gasteiger partial charge < -0.3 is 20.1 Å². The standard InChI is InChI=1S/C33H35F2N5O6/c1-33(2,3)46-32(44)37-18-21-4-8-22(9-5-21)30(42)39-26-19-36-15-14-28(26)45-27-13-12-24(17-25(27)35)38-31(43)40-29(41)16-20-6-10-23(34)11-7-20/h6-7,10-15,17-19,21-22H,4-5,8-9,16H2,1-3H3,(H,39,42)(H2,38,40,41,43)/b37-18+. The smallest absolute Gasteiger partial charge is 0.433 e. The zero-order chi connectivity index (χ0) is 33.3. The Kier molecular flexibility index (Phi) is 11.1. The van der Waals surface area contributed by atoms with Crippen molar-refractivity contribution in [2.45, 2.75) is 58.5 Å². The van der Waals surface area contributed by atoms with Crippen LogP contribution in [0.4, 0.5) is 29.7 Å². The average Bonchev–Trinajstić information content (AvgIpc) is 2.99. The molecule has 3 N–H and O–H groups in total. The van der Waals surface area contributed by atoms with Crippen LogP contribution in [0.15, 0.2) is 65.9 Å². The van der Waals surface area contributed by atoms with Crippen LogP contribution in [0.5, 0.6) is 11.5 Å². The fourth-order valence-electron chi connectivity index (χ4n) is 4.69. The van der Waals surface area contributed by atoms with Crippen molar-refractivity contribution in [2.24, 2.45) is 16.8 Å². The summed E-state index contributed by atoms with van der Waals surface area (Å²) < 4.78 is 38.9. The molecule has 46 heavy (non-hydrogen) atoms. The number of nitrogens with one attached hydrogen (secondary N) is 3. The number of nitrogens with zero attached hydrogens (tertiary/aromatic N) is 2. The first-order chi connectivity index (χ1) is 21.8. The van der Waals surface area contributed by atoms with Gasteiger partial charge in [0.2, 0.25) is 11.8 Å². The lowest BCUT2D eigenvalue weighted by Crippen LogP contribution is -2.35. The third-order valence-corrected chi connectivity index (χ3v) is 6.91. The lowest BCUT2D eigenvalue weighted by molar-refractivity contribution is -0.121. The quantitative estimate of drug-likeness (QED) is 0.231. The summed E-state index contributed by atoms with van der Waals surface area (Å²) >= 11 is 0. The van der Waals surface area contributed by atoms with E-state index in [1.54, 1.807) is 27.0 Å². The zero-order valence-corrected chi connectivity index (χ0v) is 25.6. The molecule has 0 saturated heterocycles. The number of amides is 5. The number of aliphatic imine (C=N–C) groups is 1. The number of carbonyl (C=O) groups is 4. The van der Waals surface area contributed by atoms with Gasteiger partial charge >= 0.3 is 12.1 Å². The maximum Gasteiger partial charge on any atom is 0.433 e. The average molecular weight is 636 g/mol. The first kappa shape index (κ1) is 33.7. The summed E-state index contributed by atoms with van der Waals surface area (Å²) in [4.78, 5) is 57.2. The van der Waals surface area contributed by atoms with Crippen molar-refractivity contribution >= 4 is 41.5 Å². The van der Waals surface area contributed by atoms with Crippen molar-refractivity contribution in [3.63, 3.8) is 0 Å². The molecule has 0 aliphatic heterocycles. The highest BCUT2D eigenvalue weighted by molar-refractivity contribution is 6.01. The van der Waals surface area contributed by atoms with Crippen LogP contribution in [0.1, 0.15) is 52.0 Å². The number of hydrogen-bond acceptors (Lipinski definition) is 7. The van der Waals surface area contributed by atoms with Gasteiger partial charge in [-0.25, -0.2) is 18.4 Å². The van der Waals surface area contributed by atoms with Gasteiger partial charge in [0.25, 0.3) is 0 Å². The molecule has 1 fully saturated rings. The number of anilines is 2. The number of benzene rings is 2. The molecule has 1 aliphatic rings. The molecule has 13 heteroatoms. The van der Waals surface area contributed by atoms with E-state index in [0.717, 1.165) is 6.07 Å². The summed E-state index contributed by atoms with van der Waals surface area (Å²) in [5.74, 6) is -2.36. The van der Waals surface area contributed by atoms with Gasteiger partial charge in [-0.1, -0.05) is 12.1 Å². The predicted molar refractivity (Wildman–Crippen MR) is 167 cm³/mol. The third kappa shape index (κ3) is 10.5. The van der Waals surface area contributed by atoms with Gasteiger partial charge in [-0.05, 0) is 82.2 Å². The minimum atomic E-state index is -0.872. The molecule has 0 unspecified atom stereocenters. The summed E-state index contributed by atoms with van der Waals surface area (Å²) in [5.41, 5.74) is 0.204. The molecule has 1 heterocycles. The number of halogens is 2. The van der Waals surface area contributed by atoms with Gasteiger partial charge in [-0.2, -0.15) is 4.99 Å². The number of ether oxygens (including phenoxy) is 2. The van der Waals surface area contributed by atoms with Crippen LogP contribution in [0.25, 0.3) is 0 Å². The highest BCUT2D eigenvalue weighted by Gasteiger charge is 2.27. The molecule has 0 atom stereocenters. The summed E-state index contributed by atoms with van der Waals surface area (Å²) in [5, 5.41) is 7.32. The number of imide groups is 1. The molecule has 2 aromatic carbocycles. The topological polar surface area (TPSA) is 148 Å². The molecule has 242 valence electrons. The Morgan fingerprint density at radius 1 is 0.957 bits per heavy atom. The Morgan fingerprint density at radius 3 is 2.35 bits per heavy atom. The van der Waals surface area contributed by atoms with E-state index in [-0.39, 0.29) is 47.0 Å². The number of carbonyl (C=O) groups excluding carboxylic acids is 4. The summed E-state index contributed by atoms with van der Waals surface area (Å²) in [6.07, 6.45) is 6.15. The Labute approximate surface area is 264 Å². The molecule has 1 saturated carbocycles. The monoisotopic (exact) mass is 635 g/mol. The van der Waals surface area contributed by atoms with E-state index in [9.17, 15) is 28.0 Å². The van der Waals surface area contributed by atoms with Gasteiger partial charge in [0.05, 0.1) is 12.6 Å². The van der Waals surface area contributed by atoms with Crippen LogP contribution >= 0.6 is 0 Å². The van der Waals surface area contributed by atoms with Crippen LogP contribution in [0.2, 0.25) is 0 Å². The van der Waals surface area contributed by atoms with Crippen LogP contribution < -0.4 is 20.7 Å². The normalized spacial score (nSPS) is 16.4. The summed E-state index contributed by atoms with van der Waals surface area (Å²) in [6, 6.07) is 9.57. The molecule has 0 bridgehead atoms. The first-order valence-electron chi connectivity index (χ1n) is 14.7. The molecule has 5 amide bonds. The largest absolute Gasteiger partial charge is 0.452 e. The van der Waals surface area contributed by atoms with E-state index < -0.39 is 35.3 Å². The molecular formula is C33H35F2N5O6. The Hall–Kier alpha value is -5.20. The lowest BCUT2D eigenvalue weighted by atomic mass is 9.82. The van der Waals surface area contributed by atoms with Crippen molar-refractivity contribution < 1.29 is 37.4 Å². The molecule has 0 radical (unpaired) electrons. The van der Waals surface area contributed by atoms with E-state index in [1.165, 1.54) is 54.9 Å². The Balaban J connectivity index is 1.28. The molecular weight excluding hydrogens is 600 g/mol. The highest BCUT2D eigenvalue weighted by atomic mass is 19.1. The molecule has 0 spiro atoms. The molecule has 4 rings (SSSR count). The minimum Gasteiger partial charge on any atom is -0.452 e. The van der Waals surface area contributed by atoms with Crippen LogP contribution in [-0.2, 0) is 20.7 Å². The molecule has 3 aromatic rings. The molecule has 1 aliphatic carbocycles. The van der Waals surface area contributed by atoms with Crippen LogP contribution in [0.3, 0.4) is 0 Å². The zero-order valence-electron chi connectivity index (χ0n) is 25.6. The van der Waals surface area contributed by atoms with Gasteiger partial charge in [0.15, 0.2) is 17.3 Å². The maximum absolute atomic E-state index is 14.9. The van der Waals surface area contributed by atoms with Crippen molar-refractivity contribution in [1.82, 2.24) is 10.3 Å². The second-order valence-corrected chi connectivity index (χ2v) is 11.8. The number of aromatic nitrogens is 1. The Morgan fingerprint density at radius 2 is 1.67 bits per heavy atom. The third-order valence-electron chi connectivity index (χ3n) is 6.91. The van der Waals surface area contributed by atoms with Crippen molar-refractivity contribution in [2.75, 3.05) is 10.6 Å².